The molecule has 2 saturated heterocycles. The van der Waals surface area contributed by atoms with E-state index < -0.39 is 47.0 Å². The summed E-state index contributed by atoms with van der Waals surface area (Å²) in [7, 11) is 1.48. The number of halogens is 6. The first-order chi connectivity index (χ1) is 22.2. The Hall–Kier alpha value is -4.41. The molecule has 1 amide bonds. The number of aromatic nitrogens is 4. The van der Waals surface area contributed by atoms with E-state index in [-0.39, 0.29) is 25.1 Å². The highest BCUT2D eigenvalue weighted by atomic mass is 19.4. The maximum absolute atomic E-state index is 14.0. The van der Waals surface area contributed by atoms with Crippen molar-refractivity contribution in [1.29, 1.82) is 0 Å². The van der Waals surface area contributed by atoms with Crippen LogP contribution in [0.1, 0.15) is 43.0 Å². The Kier molecular flexibility index (Phi) is 9.93. The Morgan fingerprint density at radius 2 is 1.64 bits per heavy atom. The lowest BCUT2D eigenvalue weighted by Gasteiger charge is -2.37. The molecule has 0 bridgehead atoms. The normalized spacial score (nSPS) is 18.5. The van der Waals surface area contributed by atoms with Gasteiger partial charge in [-0.1, -0.05) is 12.1 Å². The van der Waals surface area contributed by atoms with Gasteiger partial charge in [-0.2, -0.15) is 31.4 Å². The SMILES string of the molecule is COc1ccc(Cn2ncc(N[C@@H](C)COC3CCN(C4CCN(c5cnc(C(F)(F)F)cn5)CC4)C3=O)c(C(F)(F)F)c2=O)cc1. The molecule has 1 unspecified atom stereocenters. The molecule has 2 aliphatic heterocycles. The molecule has 47 heavy (non-hydrogen) atoms. The molecule has 0 radical (unpaired) electrons. The van der Waals surface area contributed by atoms with E-state index in [1.807, 2.05) is 4.90 Å². The van der Waals surface area contributed by atoms with Crippen LogP contribution in [0.25, 0.3) is 0 Å². The largest absolute Gasteiger partial charge is 0.497 e. The average molecular weight is 670 g/mol. The van der Waals surface area contributed by atoms with Gasteiger partial charge in [0, 0.05) is 38.1 Å². The van der Waals surface area contributed by atoms with Crippen LogP contribution >= 0.6 is 0 Å². The van der Waals surface area contributed by atoms with Gasteiger partial charge in [0.15, 0.2) is 5.69 Å². The number of alkyl halides is 6. The first kappa shape index (κ1) is 33.9. The summed E-state index contributed by atoms with van der Waals surface area (Å²) in [6.07, 6.45) is -6.05. The lowest BCUT2D eigenvalue weighted by Crippen LogP contribution is -2.47. The molecule has 3 aromatic rings. The second kappa shape index (κ2) is 13.8. The van der Waals surface area contributed by atoms with Gasteiger partial charge in [0.25, 0.3) is 11.5 Å². The number of hydrogen-bond donors (Lipinski definition) is 1. The van der Waals surface area contributed by atoms with E-state index in [1.54, 1.807) is 36.1 Å². The van der Waals surface area contributed by atoms with Crippen molar-refractivity contribution in [3.05, 3.63) is 70.0 Å². The number of rotatable bonds is 10. The molecule has 11 nitrogen and oxygen atoms in total. The molecule has 2 aromatic heterocycles. The second-order valence-electron chi connectivity index (χ2n) is 11.4. The van der Waals surface area contributed by atoms with Crippen molar-refractivity contribution < 1.29 is 40.6 Å². The minimum atomic E-state index is -4.96. The number of methoxy groups -OCH3 is 1. The third-order valence-electron chi connectivity index (χ3n) is 8.12. The van der Waals surface area contributed by atoms with Crippen LogP contribution in [0.2, 0.25) is 0 Å². The molecule has 0 spiro atoms. The average Bonchev–Trinajstić information content (AvgIpc) is 3.40. The molecule has 4 heterocycles. The summed E-state index contributed by atoms with van der Waals surface area (Å²) in [6, 6.07) is 5.70. The molecule has 2 aliphatic rings. The summed E-state index contributed by atoms with van der Waals surface area (Å²) >= 11 is 0. The van der Waals surface area contributed by atoms with Crippen LogP contribution in [0.5, 0.6) is 5.75 Å². The lowest BCUT2D eigenvalue weighted by atomic mass is 10.0. The van der Waals surface area contributed by atoms with E-state index in [4.69, 9.17) is 9.47 Å². The van der Waals surface area contributed by atoms with Crippen molar-refractivity contribution in [2.45, 2.75) is 63.3 Å². The molecule has 0 aliphatic carbocycles. The highest BCUT2D eigenvalue weighted by Crippen LogP contribution is 2.33. The highest BCUT2D eigenvalue weighted by molar-refractivity contribution is 5.83. The van der Waals surface area contributed by atoms with Crippen LogP contribution in [-0.4, -0.2) is 82.1 Å². The Balaban J connectivity index is 1.14. The van der Waals surface area contributed by atoms with Crippen molar-refractivity contribution in [3.63, 3.8) is 0 Å². The zero-order chi connectivity index (χ0) is 33.9. The standard InChI is InChI=1S/C30H33F6N7O4/c1-18(40-22-13-39-43(28(45)26(22)30(34,35)36)16-19-3-5-21(46-2)6-4-19)17-47-23-9-12-42(27(23)44)20-7-10-41(11-8-20)25-15-37-24(14-38-25)29(31,32)33/h3-6,13-15,18,20,23,40H,7-12,16-17H2,1-2H3/t18-,23?/m0/s1. The number of benzene rings is 1. The molecule has 1 N–H and O–H groups in total. The van der Waals surface area contributed by atoms with E-state index in [1.165, 1.54) is 7.11 Å². The number of amides is 1. The first-order valence-corrected chi connectivity index (χ1v) is 14.9. The van der Waals surface area contributed by atoms with Crippen molar-refractivity contribution >= 4 is 17.4 Å². The Morgan fingerprint density at radius 3 is 2.23 bits per heavy atom. The van der Waals surface area contributed by atoms with E-state index >= 15 is 0 Å². The Morgan fingerprint density at radius 1 is 0.936 bits per heavy atom. The van der Waals surface area contributed by atoms with Crippen LogP contribution in [0.15, 0.2) is 47.7 Å². The van der Waals surface area contributed by atoms with Gasteiger partial charge >= 0.3 is 12.4 Å². The first-order valence-electron chi connectivity index (χ1n) is 14.9. The summed E-state index contributed by atoms with van der Waals surface area (Å²) < 4.78 is 92.1. The summed E-state index contributed by atoms with van der Waals surface area (Å²) in [4.78, 5) is 36.9. The van der Waals surface area contributed by atoms with Crippen LogP contribution < -0.4 is 20.5 Å². The number of nitrogens with zero attached hydrogens (tertiary/aromatic N) is 6. The molecule has 17 heteroatoms. The van der Waals surface area contributed by atoms with Gasteiger partial charge in [0.05, 0.1) is 44.5 Å². The molecule has 1 aromatic carbocycles. The molecule has 2 fully saturated rings. The summed E-state index contributed by atoms with van der Waals surface area (Å²) in [5.74, 6) is 0.651. The third kappa shape index (κ3) is 7.94. The number of piperidine rings is 1. The number of likely N-dealkylation sites (tertiary alicyclic amines) is 1. The van der Waals surface area contributed by atoms with Crippen LogP contribution in [0.4, 0.5) is 37.8 Å². The van der Waals surface area contributed by atoms with Crippen molar-refractivity contribution in [2.75, 3.05) is 43.6 Å². The number of ether oxygens (including phenoxy) is 2. The van der Waals surface area contributed by atoms with E-state index in [2.05, 4.69) is 20.4 Å². The van der Waals surface area contributed by atoms with Crippen LogP contribution in [0.3, 0.4) is 0 Å². The Labute approximate surface area is 265 Å². The van der Waals surface area contributed by atoms with E-state index in [0.29, 0.717) is 62.2 Å². The predicted octanol–water partition coefficient (Wildman–Crippen LogP) is 4.21. The number of hydrogen-bond acceptors (Lipinski definition) is 9. The van der Waals surface area contributed by atoms with E-state index in [0.717, 1.165) is 17.1 Å². The van der Waals surface area contributed by atoms with Gasteiger partial charge in [-0.05, 0) is 37.5 Å². The maximum Gasteiger partial charge on any atom is 0.434 e. The summed E-state index contributed by atoms with van der Waals surface area (Å²) in [5.41, 5.74) is -3.69. The fourth-order valence-corrected chi connectivity index (χ4v) is 5.69. The summed E-state index contributed by atoms with van der Waals surface area (Å²) in [6.45, 7) is 2.66. The topological polar surface area (TPSA) is 115 Å². The predicted molar refractivity (Wildman–Crippen MR) is 157 cm³/mol. The van der Waals surface area contributed by atoms with Crippen LogP contribution in [-0.2, 0) is 28.4 Å². The smallest absolute Gasteiger partial charge is 0.434 e. The minimum Gasteiger partial charge on any atom is -0.497 e. The van der Waals surface area contributed by atoms with Gasteiger partial charge < -0.3 is 24.6 Å². The number of carbonyl (C=O) groups excluding carboxylic acids is 1. The van der Waals surface area contributed by atoms with Gasteiger partial charge in [0.2, 0.25) is 0 Å². The quantitative estimate of drug-likeness (QED) is 0.317. The van der Waals surface area contributed by atoms with E-state index in [9.17, 15) is 35.9 Å². The molecule has 5 rings (SSSR count). The van der Waals surface area contributed by atoms with Gasteiger partial charge in [-0.3, -0.25) is 9.59 Å². The number of nitrogens with one attached hydrogen (secondary N) is 1. The molecule has 2 atom stereocenters. The van der Waals surface area contributed by atoms with Gasteiger partial charge in [0.1, 0.15) is 23.2 Å². The van der Waals surface area contributed by atoms with Crippen LogP contribution in [0, 0.1) is 0 Å². The Bertz CT molecular complexity index is 1590. The monoisotopic (exact) mass is 669 g/mol. The lowest BCUT2D eigenvalue weighted by molar-refractivity contribution is -0.141. The van der Waals surface area contributed by atoms with Crippen molar-refractivity contribution in [3.8, 4) is 5.75 Å². The fourth-order valence-electron chi connectivity index (χ4n) is 5.69. The summed E-state index contributed by atoms with van der Waals surface area (Å²) in [5, 5.41) is 6.61. The third-order valence-corrected chi connectivity index (χ3v) is 8.12. The van der Waals surface area contributed by atoms with Crippen molar-refractivity contribution in [1.82, 2.24) is 24.6 Å². The van der Waals surface area contributed by atoms with Gasteiger partial charge in [-0.25, -0.2) is 14.6 Å². The maximum atomic E-state index is 14.0. The van der Waals surface area contributed by atoms with Crippen molar-refractivity contribution in [2.24, 2.45) is 0 Å². The number of anilines is 2. The second-order valence-corrected chi connectivity index (χ2v) is 11.4. The molecular weight excluding hydrogens is 636 g/mol. The molecular formula is C30H33F6N7O4. The zero-order valence-corrected chi connectivity index (χ0v) is 25.5. The number of carbonyl (C=O) groups is 1. The molecule has 0 saturated carbocycles. The fraction of sp³-hybridized carbons (Fsp3) is 0.500. The van der Waals surface area contributed by atoms with Gasteiger partial charge in [-0.15, -0.1) is 0 Å². The zero-order valence-electron chi connectivity index (χ0n) is 25.5. The highest BCUT2D eigenvalue weighted by Gasteiger charge is 2.40. The molecule has 254 valence electrons. The minimum absolute atomic E-state index is 0.102.